The van der Waals surface area contributed by atoms with Crippen LogP contribution in [0.25, 0.3) is 10.9 Å². The van der Waals surface area contributed by atoms with Gasteiger partial charge in [-0.15, -0.1) is 0 Å². The van der Waals surface area contributed by atoms with Gasteiger partial charge in [-0.05, 0) is 31.9 Å². The Morgan fingerprint density at radius 2 is 2.24 bits per heavy atom. The number of ether oxygens (including phenoxy) is 1. The van der Waals surface area contributed by atoms with E-state index in [1.54, 1.807) is 0 Å². The summed E-state index contributed by atoms with van der Waals surface area (Å²) in [6.07, 6.45) is 2.39. The number of hydrogen-bond acceptors (Lipinski definition) is 4. The molecular formula is C17H22N2O2. The van der Waals surface area contributed by atoms with E-state index in [1.165, 1.54) is 11.1 Å². The van der Waals surface area contributed by atoms with Crippen molar-refractivity contribution in [2.45, 2.75) is 25.9 Å². The Labute approximate surface area is 125 Å². The Hall–Kier alpha value is -1.65. The maximum atomic E-state index is 8.91. The van der Waals surface area contributed by atoms with Crippen molar-refractivity contribution in [1.82, 2.24) is 4.98 Å². The molecule has 1 N–H and O–H groups in total. The standard InChI is InChI=1S/C17H22N2O2/c1-13-11-17(15-6-2-3-7-16(15)18-13)19-8-4-5-14(12-19)21-10-9-20/h2-3,6-7,11,14,20H,4-5,8-10,12H2,1H3. The minimum Gasteiger partial charge on any atom is -0.394 e. The second-order valence-electron chi connectivity index (χ2n) is 5.60. The van der Waals surface area contributed by atoms with Gasteiger partial charge in [-0.2, -0.15) is 0 Å². The van der Waals surface area contributed by atoms with Gasteiger partial charge in [0.05, 0.1) is 24.8 Å². The first kappa shape index (κ1) is 14.3. The Morgan fingerprint density at radius 1 is 1.38 bits per heavy atom. The van der Waals surface area contributed by atoms with Crippen molar-refractivity contribution in [3.05, 3.63) is 36.0 Å². The number of anilines is 1. The van der Waals surface area contributed by atoms with Gasteiger partial charge in [-0.3, -0.25) is 4.98 Å². The molecule has 4 nitrogen and oxygen atoms in total. The Kier molecular flexibility index (Phi) is 4.36. The van der Waals surface area contributed by atoms with Crippen molar-refractivity contribution in [1.29, 1.82) is 0 Å². The molecule has 0 bridgehead atoms. The van der Waals surface area contributed by atoms with E-state index >= 15 is 0 Å². The summed E-state index contributed by atoms with van der Waals surface area (Å²) in [4.78, 5) is 7.00. The number of para-hydroxylation sites is 1. The fourth-order valence-electron chi connectivity index (χ4n) is 3.06. The molecule has 21 heavy (non-hydrogen) atoms. The third-order valence-electron chi connectivity index (χ3n) is 3.99. The highest BCUT2D eigenvalue weighted by atomic mass is 16.5. The van der Waals surface area contributed by atoms with Crippen molar-refractivity contribution < 1.29 is 9.84 Å². The maximum Gasteiger partial charge on any atom is 0.0751 e. The number of aliphatic hydroxyl groups excluding tert-OH is 1. The topological polar surface area (TPSA) is 45.6 Å². The average Bonchev–Trinajstić information content (AvgIpc) is 2.52. The number of nitrogens with zero attached hydrogens (tertiary/aromatic N) is 2. The van der Waals surface area contributed by atoms with Gasteiger partial charge in [-0.25, -0.2) is 0 Å². The van der Waals surface area contributed by atoms with E-state index in [2.05, 4.69) is 34.1 Å². The minimum atomic E-state index is 0.0911. The maximum absolute atomic E-state index is 8.91. The predicted octanol–water partition coefficient (Wildman–Crippen LogP) is 2.52. The summed E-state index contributed by atoms with van der Waals surface area (Å²) >= 11 is 0. The van der Waals surface area contributed by atoms with Gasteiger partial charge in [0.25, 0.3) is 0 Å². The molecule has 0 saturated carbocycles. The summed E-state index contributed by atoms with van der Waals surface area (Å²) in [5, 5.41) is 10.1. The number of aliphatic hydroxyl groups is 1. The number of pyridine rings is 1. The molecule has 1 aliphatic rings. The highest BCUT2D eigenvalue weighted by molar-refractivity contribution is 5.92. The highest BCUT2D eigenvalue weighted by Gasteiger charge is 2.22. The molecule has 0 aliphatic carbocycles. The summed E-state index contributed by atoms with van der Waals surface area (Å²) in [5.41, 5.74) is 3.34. The lowest BCUT2D eigenvalue weighted by Gasteiger charge is -2.35. The first-order chi connectivity index (χ1) is 10.3. The summed E-state index contributed by atoms with van der Waals surface area (Å²) in [5.74, 6) is 0. The Balaban J connectivity index is 1.89. The molecule has 112 valence electrons. The third-order valence-corrected chi connectivity index (χ3v) is 3.99. The lowest BCUT2D eigenvalue weighted by molar-refractivity contribution is 0.0215. The molecule has 1 atom stereocenters. The van der Waals surface area contributed by atoms with E-state index < -0.39 is 0 Å². The lowest BCUT2D eigenvalue weighted by atomic mass is 10.1. The number of hydrogen-bond donors (Lipinski definition) is 1. The summed E-state index contributed by atoms with van der Waals surface area (Å²) in [7, 11) is 0. The molecule has 0 amide bonds. The van der Waals surface area contributed by atoms with Gasteiger partial charge in [-0.1, -0.05) is 18.2 Å². The Morgan fingerprint density at radius 3 is 3.10 bits per heavy atom. The zero-order valence-corrected chi connectivity index (χ0v) is 12.5. The van der Waals surface area contributed by atoms with Crippen LogP contribution in [-0.2, 0) is 4.74 Å². The molecule has 2 heterocycles. The number of rotatable bonds is 4. The van der Waals surface area contributed by atoms with Gasteiger partial charge in [0.15, 0.2) is 0 Å². The quantitative estimate of drug-likeness (QED) is 0.938. The van der Waals surface area contributed by atoms with E-state index in [1.807, 2.05) is 13.0 Å². The summed E-state index contributed by atoms with van der Waals surface area (Å²) in [6, 6.07) is 10.5. The van der Waals surface area contributed by atoms with Crippen LogP contribution in [0.4, 0.5) is 5.69 Å². The fourth-order valence-corrected chi connectivity index (χ4v) is 3.06. The van der Waals surface area contributed by atoms with E-state index in [0.29, 0.717) is 6.61 Å². The molecule has 0 spiro atoms. The molecule has 2 aromatic rings. The SMILES string of the molecule is Cc1cc(N2CCCC(OCCO)C2)c2ccccc2n1. The normalized spacial score (nSPS) is 19.1. The van der Waals surface area contributed by atoms with E-state index in [9.17, 15) is 0 Å². The number of piperidine rings is 1. The van der Waals surface area contributed by atoms with Crippen molar-refractivity contribution >= 4 is 16.6 Å². The second-order valence-corrected chi connectivity index (χ2v) is 5.60. The predicted molar refractivity (Wildman–Crippen MR) is 84.8 cm³/mol. The molecule has 3 rings (SSSR count). The van der Waals surface area contributed by atoms with Crippen molar-refractivity contribution in [2.24, 2.45) is 0 Å². The number of fused-ring (bicyclic) bond motifs is 1. The van der Waals surface area contributed by atoms with Crippen molar-refractivity contribution in [2.75, 3.05) is 31.2 Å². The summed E-state index contributed by atoms with van der Waals surface area (Å²) < 4.78 is 5.72. The van der Waals surface area contributed by atoms with Crippen LogP contribution in [-0.4, -0.2) is 42.5 Å². The molecule has 1 unspecified atom stereocenters. The van der Waals surface area contributed by atoms with E-state index in [-0.39, 0.29) is 12.7 Å². The van der Waals surface area contributed by atoms with Crippen LogP contribution in [0, 0.1) is 6.92 Å². The van der Waals surface area contributed by atoms with Crippen LogP contribution < -0.4 is 4.90 Å². The molecule has 0 radical (unpaired) electrons. The number of benzene rings is 1. The molecule has 1 fully saturated rings. The van der Waals surface area contributed by atoms with Crippen LogP contribution in [0.15, 0.2) is 30.3 Å². The largest absolute Gasteiger partial charge is 0.394 e. The zero-order chi connectivity index (χ0) is 14.7. The number of aromatic nitrogens is 1. The van der Waals surface area contributed by atoms with E-state index in [4.69, 9.17) is 9.84 Å². The van der Waals surface area contributed by atoms with Crippen LogP contribution >= 0.6 is 0 Å². The van der Waals surface area contributed by atoms with E-state index in [0.717, 1.165) is 37.1 Å². The molecule has 1 aromatic heterocycles. The fraction of sp³-hybridized carbons (Fsp3) is 0.471. The third kappa shape index (κ3) is 3.17. The zero-order valence-electron chi connectivity index (χ0n) is 12.5. The minimum absolute atomic E-state index is 0.0911. The van der Waals surface area contributed by atoms with Gasteiger partial charge >= 0.3 is 0 Å². The van der Waals surface area contributed by atoms with Gasteiger partial charge in [0.1, 0.15) is 0 Å². The molecule has 4 heteroatoms. The highest BCUT2D eigenvalue weighted by Crippen LogP contribution is 2.29. The lowest BCUT2D eigenvalue weighted by Crippen LogP contribution is -2.40. The first-order valence-electron chi connectivity index (χ1n) is 7.62. The van der Waals surface area contributed by atoms with Crippen LogP contribution in [0.3, 0.4) is 0 Å². The van der Waals surface area contributed by atoms with Crippen molar-refractivity contribution in [3.63, 3.8) is 0 Å². The smallest absolute Gasteiger partial charge is 0.0751 e. The first-order valence-corrected chi connectivity index (χ1v) is 7.62. The van der Waals surface area contributed by atoms with Gasteiger partial charge < -0.3 is 14.7 Å². The summed E-state index contributed by atoms with van der Waals surface area (Å²) in [6.45, 7) is 4.49. The molecule has 1 aliphatic heterocycles. The monoisotopic (exact) mass is 286 g/mol. The van der Waals surface area contributed by atoms with Crippen LogP contribution in [0.2, 0.25) is 0 Å². The molecule has 1 saturated heterocycles. The van der Waals surface area contributed by atoms with Gasteiger partial charge in [0.2, 0.25) is 0 Å². The molecule has 1 aromatic carbocycles. The average molecular weight is 286 g/mol. The van der Waals surface area contributed by atoms with Crippen LogP contribution in [0.5, 0.6) is 0 Å². The van der Waals surface area contributed by atoms with Crippen molar-refractivity contribution in [3.8, 4) is 0 Å². The van der Waals surface area contributed by atoms with Gasteiger partial charge in [0, 0.05) is 29.9 Å². The second kappa shape index (κ2) is 6.41. The Bertz CT molecular complexity index is 615. The number of aryl methyl sites for hydroxylation is 1. The van der Waals surface area contributed by atoms with Crippen LogP contribution in [0.1, 0.15) is 18.5 Å². The molecular weight excluding hydrogens is 264 g/mol.